The molecule has 0 unspecified atom stereocenters. The van der Waals surface area contributed by atoms with E-state index in [1.54, 1.807) is 45.2 Å². The zero-order chi connectivity index (χ0) is 29.0. The first-order valence-electron chi connectivity index (χ1n) is 12.5. The number of rotatable bonds is 9. The third kappa shape index (κ3) is 6.78. The lowest BCUT2D eigenvalue weighted by atomic mass is 10.1. The first-order valence-corrected chi connectivity index (χ1v) is 14.0. The molecule has 1 N–H and O–H groups in total. The zero-order valence-electron chi connectivity index (χ0n) is 22.7. The van der Waals surface area contributed by atoms with Crippen molar-refractivity contribution >= 4 is 15.9 Å². The molecular weight excluding hydrogens is 535 g/mol. The number of hydrogen-bond donors (Lipinski definition) is 1. The van der Waals surface area contributed by atoms with E-state index in [1.165, 1.54) is 36.4 Å². The van der Waals surface area contributed by atoms with Crippen molar-refractivity contribution in [2.24, 2.45) is 5.92 Å². The molecule has 208 valence electrons. The number of ether oxygens (including phenoxy) is 2. The Morgan fingerprint density at radius 1 is 1.02 bits per heavy atom. The van der Waals surface area contributed by atoms with Crippen molar-refractivity contribution in [1.29, 1.82) is 0 Å². The van der Waals surface area contributed by atoms with Crippen LogP contribution in [0.4, 0.5) is 4.39 Å². The summed E-state index contributed by atoms with van der Waals surface area (Å²) in [5, 5.41) is -0.305. The lowest BCUT2D eigenvalue weighted by molar-refractivity contribution is 0.0978. The van der Waals surface area contributed by atoms with Crippen LogP contribution < -0.4 is 14.2 Å². The number of amides is 1. The molecule has 0 bridgehead atoms. The van der Waals surface area contributed by atoms with E-state index in [9.17, 15) is 17.6 Å². The van der Waals surface area contributed by atoms with Gasteiger partial charge in [-0.15, -0.1) is 0 Å². The lowest BCUT2D eigenvalue weighted by Gasteiger charge is -2.15. The van der Waals surface area contributed by atoms with Gasteiger partial charge in [0.1, 0.15) is 17.1 Å². The van der Waals surface area contributed by atoms with Gasteiger partial charge < -0.3 is 9.47 Å². The highest BCUT2D eigenvalue weighted by molar-refractivity contribution is 7.90. The zero-order valence-corrected chi connectivity index (χ0v) is 23.5. The number of nitrogens with zero attached hydrogens (tertiary/aromatic N) is 3. The van der Waals surface area contributed by atoms with Gasteiger partial charge in [-0.25, -0.2) is 19.1 Å². The third-order valence-corrected chi connectivity index (χ3v) is 6.93. The number of carbonyl (C=O) groups excluding carboxylic acids is 1. The van der Waals surface area contributed by atoms with Gasteiger partial charge in [0, 0.05) is 23.5 Å². The smallest absolute Gasteiger partial charge is 0.281 e. The van der Waals surface area contributed by atoms with Crippen molar-refractivity contribution in [3.63, 3.8) is 0 Å². The summed E-state index contributed by atoms with van der Waals surface area (Å²) in [5.74, 6) is -0.778. The van der Waals surface area contributed by atoms with Crippen LogP contribution in [0.25, 0.3) is 11.3 Å². The van der Waals surface area contributed by atoms with Gasteiger partial charge in [0.05, 0.1) is 18.0 Å². The number of benzene rings is 1. The summed E-state index contributed by atoms with van der Waals surface area (Å²) in [4.78, 5) is 26.0. The van der Waals surface area contributed by atoms with Crippen LogP contribution in [0.3, 0.4) is 0 Å². The topological polar surface area (TPSA) is 120 Å². The number of halogens is 1. The molecule has 0 saturated carbocycles. The molecule has 0 fully saturated rings. The monoisotopic (exact) mass is 564 g/mol. The Morgan fingerprint density at radius 2 is 1.80 bits per heavy atom. The van der Waals surface area contributed by atoms with E-state index >= 15 is 0 Å². The van der Waals surface area contributed by atoms with E-state index in [1.807, 2.05) is 18.6 Å². The molecule has 11 heteroatoms. The SMILES string of the molecule is Cc1cccc(S(=O)(=O)NC(=O)c2ccc(-c3cc(F)cc(OCC(C)C)c3)nc2Oc2c(C)ccnc2C)n1. The summed E-state index contributed by atoms with van der Waals surface area (Å²) in [5.41, 5.74) is 2.23. The number of pyridine rings is 3. The van der Waals surface area contributed by atoms with E-state index in [-0.39, 0.29) is 28.1 Å². The molecule has 0 aliphatic heterocycles. The summed E-state index contributed by atoms with van der Waals surface area (Å²) in [6.07, 6.45) is 1.61. The Balaban J connectivity index is 1.77. The van der Waals surface area contributed by atoms with Crippen LogP contribution in [0.15, 0.2) is 65.8 Å². The maximum Gasteiger partial charge on any atom is 0.281 e. The number of hydrogen-bond acceptors (Lipinski definition) is 8. The minimum Gasteiger partial charge on any atom is -0.493 e. The Labute approximate surface area is 232 Å². The number of sulfonamides is 1. The predicted octanol–water partition coefficient (Wildman–Crippen LogP) is 5.55. The van der Waals surface area contributed by atoms with Crippen LogP contribution in [0.5, 0.6) is 17.4 Å². The molecule has 4 aromatic rings. The van der Waals surface area contributed by atoms with Crippen LogP contribution in [0.2, 0.25) is 0 Å². The molecule has 3 heterocycles. The van der Waals surface area contributed by atoms with Crippen LogP contribution in [-0.4, -0.2) is 35.9 Å². The summed E-state index contributed by atoms with van der Waals surface area (Å²) >= 11 is 0. The second-order valence-corrected chi connectivity index (χ2v) is 11.3. The maximum atomic E-state index is 14.5. The molecule has 1 amide bonds. The van der Waals surface area contributed by atoms with Crippen molar-refractivity contribution in [1.82, 2.24) is 19.7 Å². The van der Waals surface area contributed by atoms with Crippen LogP contribution in [0, 0.1) is 32.5 Å². The van der Waals surface area contributed by atoms with Crippen molar-refractivity contribution < 1.29 is 27.1 Å². The van der Waals surface area contributed by atoms with Crippen LogP contribution in [-0.2, 0) is 10.0 Å². The molecule has 40 heavy (non-hydrogen) atoms. The van der Waals surface area contributed by atoms with E-state index in [0.29, 0.717) is 35.1 Å². The van der Waals surface area contributed by atoms with Crippen molar-refractivity contribution in [2.45, 2.75) is 39.6 Å². The van der Waals surface area contributed by atoms with Crippen molar-refractivity contribution in [2.75, 3.05) is 6.61 Å². The average Bonchev–Trinajstić information content (AvgIpc) is 2.89. The highest BCUT2D eigenvalue weighted by Gasteiger charge is 2.25. The van der Waals surface area contributed by atoms with Gasteiger partial charge in [-0.05, 0) is 74.7 Å². The Kier molecular flexibility index (Phi) is 8.43. The minimum atomic E-state index is -4.30. The number of carbonyl (C=O) groups is 1. The minimum absolute atomic E-state index is 0.157. The highest BCUT2D eigenvalue weighted by atomic mass is 32.2. The van der Waals surface area contributed by atoms with E-state index < -0.39 is 21.7 Å². The molecule has 0 aliphatic rings. The van der Waals surface area contributed by atoms with E-state index in [2.05, 4.69) is 15.0 Å². The van der Waals surface area contributed by atoms with Crippen LogP contribution >= 0.6 is 0 Å². The van der Waals surface area contributed by atoms with Gasteiger partial charge in [-0.3, -0.25) is 9.78 Å². The number of nitrogens with one attached hydrogen (secondary N) is 1. The molecule has 0 saturated heterocycles. The van der Waals surface area contributed by atoms with Gasteiger partial charge in [0.2, 0.25) is 5.88 Å². The average molecular weight is 565 g/mol. The van der Waals surface area contributed by atoms with Crippen LogP contribution in [0.1, 0.15) is 41.2 Å². The fourth-order valence-corrected chi connectivity index (χ4v) is 4.72. The standard InChI is InChI=1S/C29H29FN4O5S/c1-17(2)16-38-23-14-21(13-22(30)15-23)25-10-9-24(29(33-25)39-27-18(3)11-12-31-20(27)5)28(35)34-40(36,37)26-8-6-7-19(4)32-26/h6-15,17H,16H2,1-5H3,(H,34,35). The summed E-state index contributed by atoms with van der Waals surface area (Å²) in [7, 11) is -4.30. The van der Waals surface area contributed by atoms with Gasteiger partial charge in [0.25, 0.3) is 15.9 Å². The van der Waals surface area contributed by atoms with Crippen molar-refractivity contribution in [3.05, 3.63) is 89.1 Å². The molecule has 0 atom stereocenters. The number of aryl methyl sites for hydroxylation is 3. The predicted molar refractivity (Wildman–Crippen MR) is 147 cm³/mol. The van der Waals surface area contributed by atoms with Gasteiger partial charge >= 0.3 is 0 Å². The second kappa shape index (κ2) is 11.8. The summed E-state index contributed by atoms with van der Waals surface area (Å²) in [6.45, 7) is 9.52. The molecule has 9 nitrogen and oxygen atoms in total. The van der Waals surface area contributed by atoms with Gasteiger partial charge in [-0.1, -0.05) is 19.9 Å². The summed E-state index contributed by atoms with van der Waals surface area (Å²) in [6, 6.07) is 13.2. The molecule has 3 aromatic heterocycles. The van der Waals surface area contributed by atoms with E-state index in [0.717, 1.165) is 5.56 Å². The number of aromatic nitrogens is 3. The first-order chi connectivity index (χ1) is 18.9. The Bertz CT molecular complexity index is 1660. The highest BCUT2D eigenvalue weighted by Crippen LogP contribution is 2.32. The Hall–Kier alpha value is -4.38. The first kappa shape index (κ1) is 28.6. The normalized spacial score (nSPS) is 11.4. The van der Waals surface area contributed by atoms with Gasteiger partial charge in [0.15, 0.2) is 10.8 Å². The summed E-state index contributed by atoms with van der Waals surface area (Å²) < 4.78 is 54.1. The maximum absolute atomic E-state index is 14.5. The lowest BCUT2D eigenvalue weighted by Crippen LogP contribution is -2.31. The Morgan fingerprint density at radius 3 is 2.50 bits per heavy atom. The molecule has 0 spiro atoms. The fourth-order valence-electron chi connectivity index (χ4n) is 3.74. The molecule has 1 aromatic carbocycles. The molecule has 4 rings (SSSR count). The largest absolute Gasteiger partial charge is 0.493 e. The molecule has 0 aliphatic carbocycles. The second-order valence-electron chi connectivity index (χ2n) is 9.63. The third-order valence-electron chi connectivity index (χ3n) is 5.70. The molecular formula is C29H29FN4O5S. The quantitative estimate of drug-likeness (QED) is 0.281. The fraction of sp³-hybridized carbons (Fsp3) is 0.241. The van der Waals surface area contributed by atoms with E-state index in [4.69, 9.17) is 9.47 Å². The van der Waals surface area contributed by atoms with Crippen molar-refractivity contribution in [3.8, 4) is 28.6 Å². The molecule has 0 radical (unpaired) electrons. The van der Waals surface area contributed by atoms with Gasteiger partial charge in [-0.2, -0.15) is 8.42 Å².